The van der Waals surface area contributed by atoms with E-state index in [1.54, 1.807) is 19.1 Å². The lowest BCUT2D eigenvalue weighted by molar-refractivity contribution is -0.139. The predicted molar refractivity (Wildman–Crippen MR) is 85.3 cm³/mol. The lowest BCUT2D eigenvalue weighted by Gasteiger charge is -2.12. The highest BCUT2D eigenvalue weighted by Gasteiger charge is 2.11. The van der Waals surface area contributed by atoms with Crippen LogP contribution in [0.1, 0.15) is 12.5 Å². The molecule has 1 aromatic carbocycles. The van der Waals surface area contributed by atoms with E-state index in [4.69, 9.17) is 21.1 Å². The van der Waals surface area contributed by atoms with Crippen molar-refractivity contribution in [3.63, 3.8) is 0 Å². The van der Waals surface area contributed by atoms with E-state index >= 15 is 0 Å². The molecular weight excluding hydrogens is 314 g/mol. The zero-order valence-corrected chi connectivity index (χ0v) is 13.8. The molecule has 0 radical (unpaired) electrons. The molecule has 0 heterocycles. The van der Waals surface area contributed by atoms with Gasteiger partial charge in [-0.25, -0.2) is 0 Å². The molecule has 0 atom stereocenters. The number of amides is 1. The third kappa shape index (κ3) is 5.85. The van der Waals surface area contributed by atoms with Gasteiger partial charge in [0.1, 0.15) is 5.75 Å². The van der Waals surface area contributed by atoms with Crippen LogP contribution in [0.2, 0.25) is 5.02 Å². The van der Waals surface area contributed by atoms with Crippen molar-refractivity contribution in [1.29, 1.82) is 0 Å². The van der Waals surface area contributed by atoms with Crippen molar-refractivity contribution >= 4 is 40.9 Å². The molecule has 0 aliphatic rings. The average Bonchev–Trinajstić information content (AvgIpc) is 2.43. The summed E-state index contributed by atoms with van der Waals surface area (Å²) in [5.74, 6) is 0.260. The zero-order valence-electron chi connectivity index (χ0n) is 12.2. The molecule has 0 spiro atoms. The van der Waals surface area contributed by atoms with Gasteiger partial charge in [0.05, 0.1) is 30.9 Å². The van der Waals surface area contributed by atoms with Crippen molar-refractivity contribution in [2.24, 2.45) is 0 Å². The normalized spacial score (nSPS) is 10.1. The van der Waals surface area contributed by atoms with Gasteiger partial charge in [-0.3, -0.25) is 9.59 Å². The number of esters is 1. The van der Waals surface area contributed by atoms with E-state index in [-0.39, 0.29) is 23.4 Å². The molecule has 0 aromatic heterocycles. The van der Waals surface area contributed by atoms with Gasteiger partial charge < -0.3 is 14.8 Å². The van der Waals surface area contributed by atoms with Crippen molar-refractivity contribution in [2.45, 2.75) is 13.8 Å². The second kappa shape index (κ2) is 8.79. The second-order valence-electron chi connectivity index (χ2n) is 4.15. The van der Waals surface area contributed by atoms with Crippen LogP contribution in [0.3, 0.4) is 0 Å². The third-order valence-corrected chi connectivity index (χ3v) is 3.83. The van der Waals surface area contributed by atoms with Gasteiger partial charge in [-0.05, 0) is 25.5 Å². The number of carbonyl (C=O) groups excluding carboxylic acids is 2. The number of methoxy groups -OCH3 is 1. The first-order valence-electron chi connectivity index (χ1n) is 6.35. The first kappa shape index (κ1) is 17.7. The van der Waals surface area contributed by atoms with Crippen molar-refractivity contribution in [3.8, 4) is 5.75 Å². The van der Waals surface area contributed by atoms with Crippen LogP contribution in [0.4, 0.5) is 5.69 Å². The molecule has 7 heteroatoms. The highest BCUT2D eigenvalue weighted by atomic mass is 35.5. The van der Waals surface area contributed by atoms with Crippen molar-refractivity contribution < 1.29 is 19.1 Å². The van der Waals surface area contributed by atoms with Gasteiger partial charge in [0.2, 0.25) is 5.91 Å². The quantitative estimate of drug-likeness (QED) is 0.778. The number of rotatable bonds is 7. The van der Waals surface area contributed by atoms with Crippen LogP contribution >= 0.6 is 23.4 Å². The maximum absolute atomic E-state index is 11.8. The summed E-state index contributed by atoms with van der Waals surface area (Å²) in [5, 5.41) is 3.31. The van der Waals surface area contributed by atoms with E-state index in [0.29, 0.717) is 23.1 Å². The Hall–Kier alpha value is -1.40. The summed E-state index contributed by atoms with van der Waals surface area (Å²) in [4.78, 5) is 23.0. The molecule has 116 valence electrons. The van der Waals surface area contributed by atoms with Crippen LogP contribution < -0.4 is 10.1 Å². The smallest absolute Gasteiger partial charge is 0.315 e. The van der Waals surface area contributed by atoms with Crippen molar-refractivity contribution in [1.82, 2.24) is 0 Å². The van der Waals surface area contributed by atoms with E-state index in [0.717, 1.165) is 5.56 Å². The third-order valence-electron chi connectivity index (χ3n) is 2.51. The van der Waals surface area contributed by atoms with Crippen LogP contribution in [-0.2, 0) is 14.3 Å². The number of anilines is 1. The molecule has 21 heavy (non-hydrogen) atoms. The van der Waals surface area contributed by atoms with Crippen LogP contribution in [0, 0.1) is 6.92 Å². The fourth-order valence-electron chi connectivity index (χ4n) is 1.55. The van der Waals surface area contributed by atoms with Gasteiger partial charge in [0.15, 0.2) is 0 Å². The Morgan fingerprint density at radius 1 is 1.33 bits per heavy atom. The molecular formula is C14H18ClNO4S. The minimum atomic E-state index is -0.324. The summed E-state index contributed by atoms with van der Waals surface area (Å²) in [6, 6.07) is 3.40. The Morgan fingerprint density at radius 3 is 2.67 bits per heavy atom. The monoisotopic (exact) mass is 331 g/mol. The van der Waals surface area contributed by atoms with Gasteiger partial charge in [0.25, 0.3) is 0 Å². The van der Waals surface area contributed by atoms with E-state index in [1.807, 2.05) is 6.92 Å². The summed E-state index contributed by atoms with van der Waals surface area (Å²) in [6.45, 7) is 3.92. The number of benzene rings is 1. The van der Waals surface area contributed by atoms with Crippen LogP contribution in [0.15, 0.2) is 12.1 Å². The fraction of sp³-hybridized carbons (Fsp3) is 0.429. The van der Waals surface area contributed by atoms with Gasteiger partial charge in [-0.1, -0.05) is 11.6 Å². The SMILES string of the molecule is CCOC(=O)CSCC(=O)Nc1cc(C)c(Cl)cc1OC. The molecule has 1 rings (SSSR count). The first-order chi connectivity index (χ1) is 9.97. The summed E-state index contributed by atoms with van der Waals surface area (Å²) >= 11 is 7.20. The maximum Gasteiger partial charge on any atom is 0.315 e. The highest BCUT2D eigenvalue weighted by molar-refractivity contribution is 8.00. The second-order valence-corrected chi connectivity index (χ2v) is 5.54. The topological polar surface area (TPSA) is 64.6 Å². The number of aryl methyl sites for hydroxylation is 1. The molecule has 0 aliphatic heterocycles. The van der Waals surface area contributed by atoms with Crippen molar-refractivity contribution in [2.75, 3.05) is 30.5 Å². The Kier molecular flexibility index (Phi) is 7.39. The standard InChI is InChI=1S/C14H18ClNO4S/c1-4-20-14(18)8-21-7-13(17)16-11-5-9(2)10(15)6-12(11)19-3/h5-6H,4,7-8H2,1-3H3,(H,16,17). The van der Waals surface area contributed by atoms with Gasteiger partial charge in [-0.15, -0.1) is 11.8 Å². The number of nitrogens with one attached hydrogen (secondary N) is 1. The number of hydrogen-bond donors (Lipinski definition) is 1. The molecule has 1 aromatic rings. The first-order valence-corrected chi connectivity index (χ1v) is 7.88. The van der Waals surface area contributed by atoms with E-state index < -0.39 is 0 Å². The Bertz CT molecular complexity index is 522. The summed E-state index contributed by atoms with van der Waals surface area (Å²) in [5.41, 5.74) is 1.40. The molecule has 0 unspecified atom stereocenters. The summed E-state index contributed by atoms with van der Waals surface area (Å²) in [7, 11) is 1.51. The average molecular weight is 332 g/mol. The fourth-order valence-corrected chi connectivity index (χ4v) is 2.31. The maximum atomic E-state index is 11.8. The molecule has 1 amide bonds. The Balaban J connectivity index is 2.55. The van der Waals surface area contributed by atoms with E-state index in [1.165, 1.54) is 18.9 Å². The predicted octanol–water partition coefficient (Wildman–Crippen LogP) is 2.89. The van der Waals surface area contributed by atoms with Crippen LogP contribution in [-0.4, -0.2) is 37.1 Å². The van der Waals surface area contributed by atoms with Crippen LogP contribution in [0.25, 0.3) is 0 Å². The number of hydrogen-bond acceptors (Lipinski definition) is 5. The van der Waals surface area contributed by atoms with Gasteiger partial charge >= 0.3 is 5.97 Å². The summed E-state index contributed by atoms with van der Waals surface area (Å²) in [6.07, 6.45) is 0. The van der Waals surface area contributed by atoms with Crippen molar-refractivity contribution in [3.05, 3.63) is 22.7 Å². The van der Waals surface area contributed by atoms with E-state index in [2.05, 4.69) is 5.32 Å². The molecule has 5 nitrogen and oxygen atoms in total. The lowest BCUT2D eigenvalue weighted by Crippen LogP contribution is -2.16. The highest BCUT2D eigenvalue weighted by Crippen LogP contribution is 2.30. The number of thioether (sulfide) groups is 1. The molecule has 1 N–H and O–H groups in total. The largest absolute Gasteiger partial charge is 0.495 e. The Labute approximate surface area is 133 Å². The lowest BCUT2D eigenvalue weighted by atomic mass is 10.2. The molecule has 0 fully saturated rings. The number of halogens is 1. The van der Waals surface area contributed by atoms with Crippen LogP contribution in [0.5, 0.6) is 5.75 Å². The van der Waals surface area contributed by atoms with Gasteiger partial charge in [-0.2, -0.15) is 0 Å². The number of ether oxygens (including phenoxy) is 2. The molecule has 0 bridgehead atoms. The minimum absolute atomic E-state index is 0.151. The van der Waals surface area contributed by atoms with Gasteiger partial charge in [0, 0.05) is 11.1 Å². The molecule has 0 aliphatic carbocycles. The molecule has 0 saturated heterocycles. The molecule has 0 saturated carbocycles. The number of carbonyl (C=O) groups is 2. The Morgan fingerprint density at radius 2 is 2.05 bits per heavy atom. The summed E-state index contributed by atoms with van der Waals surface area (Å²) < 4.78 is 9.96. The van der Waals surface area contributed by atoms with E-state index in [9.17, 15) is 9.59 Å². The zero-order chi connectivity index (χ0) is 15.8. The minimum Gasteiger partial charge on any atom is -0.495 e.